The molecule has 1 rings (SSSR count). The second-order valence-electron chi connectivity index (χ2n) is 2.94. The van der Waals surface area contributed by atoms with Crippen LogP contribution in [0.3, 0.4) is 0 Å². The zero-order valence-corrected chi connectivity index (χ0v) is 8.77. The molecule has 7 heteroatoms. The van der Waals surface area contributed by atoms with Crippen LogP contribution in [0.25, 0.3) is 0 Å². The molecule has 17 heavy (non-hydrogen) atoms. The number of esters is 1. The van der Waals surface area contributed by atoms with Gasteiger partial charge >= 0.3 is 5.97 Å². The van der Waals surface area contributed by atoms with E-state index in [1.54, 1.807) is 0 Å². The van der Waals surface area contributed by atoms with Crippen molar-refractivity contribution < 1.29 is 18.8 Å². The Hall–Kier alpha value is -2.49. The van der Waals surface area contributed by atoms with E-state index >= 15 is 0 Å². The van der Waals surface area contributed by atoms with E-state index in [4.69, 9.17) is 5.26 Å². The molecule has 0 aromatic heterocycles. The molecule has 0 aliphatic carbocycles. The fraction of sp³-hybridized carbons (Fsp3) is 0.200. The van der Waals surface area contributed by atoms with Crippen molar-refractivity contribution in [3.63, 3.8) is 0 Å². The van der Waals surface area contributed by atoms with Gasteiger partial charge in [-0.05, 0) is 13.0 Å². The molecule has 1 aromatic rings. The van der Waals surface area contributed by atoms with Crippen LogP contribution in [-0.2, 0) is 4.74 Å². The highest BCUT2D eigenvalue weighted by molar-refractivity contribution is 5.96. The molecule has 0 aliphatic rings. The molecule has 6 nitrogen and oxygen atoms in total. The van der Waals surface area contributed by atoms with E-state index in [0.29, 0.717) is 6.07 Å². The SMILES string of the molecule is CCOC(=O)c1c(C#N)cc(F)cc1[N+](=O)[O-]. The van der Waals surface area contributed by atoms with Crippen LogP contribution >= 0.6 is 0 Å². The summed E-state index contributed by atoms with van der Waals surface area (Å²) in [5.41, 5.74) is -1.73. The Balaban J connectivity index is 3.48. The van der Waals surface area contributed by atoms with E-state index in [2.05, 4.69) is 4.74 Å². The molecule has 0 bridgehead atoms. The lowest BCUT2D eigenvalue weighted by Gasteiger charge is -2.04. The van der Waals surface area contributed by atoms with Gasteiger partial charge in [0.15, 0.2) is 5.56 Å². The van der Waals surface area contributed by atoms with Gasteiger partial charge in [-0.3, -0.25) is 10.1 Å². The summed E-state index contributed by atoms with van der Waals surface area (Å²) in [6.45, 7) is 1.51. The molecule has 0 unspecified atom stereocenters. The van der Waals surface area contributed by atoms with Gasteiger partial charge in [-0.1, -0.05) is 0 Å². The number of benzene rings is 1. The highest BCUT2D eigenvalue weighted by Crippen LogP contribution is 2.24. The largest absolute Gasteiger partial charge is 0.462 e. The van der Waals surface area contributed by atoms with Crippen molar-refractivity contribution in [2.24, 2.45) is 0 Å². The average Bonchev–Trinajstić information content (AvgIpc) is 2.27. The third-order valence-corrected chi connectivity index (χ3v) is 1.88. The van der Waals surface area contributed by atoms with Gasteiger partial charge in [-0.2, -0.15) is 5.26 Å². The summed E-state index contributed by atoms with van der Waals surface area (Å²) in [4.78, 5) is 21.2. The van der Waals surface area contributed by atoms with Crippen molar-refractivity contribution in [2.45, 2.75) is 6.92 Å². The summed E-state index contributed by atoms with van der Waals surface area (Å²) in [5.74, 6) is -1.97. The fourth-order valence-corrected chi connectivity index (χ4v) is 1.24. The van der Waals surface area contributed by atoms with Gasteiger partial charge in [0, 0.05) is 0 Å². The third kappa shape index (κ3) is 2.55. The highest BCUT2D eigenvalue weighted by atomic mass is 19.1. The Morgan fingerprint density at radius 2 is 2.29 bits per heavy atom. The number of nitriles is 1. The minimum atomic E-state index is -1.02. The van der Waals surface area contributed by atoms with Gasteiger partial charge in [0.25, 0.3) is 5.69 Å². The lowest BCUT2D eigenvalue weighted by atomic mass is 10.1. The van der Waals surface area contributed by atoms with Gasteiger partial charge in [0.05, 0.1) is 23.2 Å². The van der Waals surface area contributed by atoms with Crippen LogP contribution in [0.2, 0.25) is 0 Å². The first-order valence-electron chi connectivity index (χ1n) is 4.56. The minimum Gasteiger partial charge on any atom is -0.462 e. The molecule has 0 spiro atoms. The Kier molecular flexibility index (Phi) is 3.72. The van der Waals surface area contributed by atoms with Crippen LogP contribution in [0.5, 0.6) is 0 Å². The second kappa shape index (κ2) is 5.03. The molecule has 0 saturated carbocycles. The predicted molar refractivity (Wildman–Crippen MR) is 53.7 cm³/mol. The molecule has 88 valence electrons. The standard InChI is InChI=1S/C10H7FN2O4/c1-2-17-10(14)9-6(5-12)3-7(11)4-8(9)13(15)16/h3-4H,2H2,1H3. The Bertz CT molecular complexity index is 522. The number of rotatable bonds is 3. The van der Waals surface area contributed by atoms with Gasteiger partial charge in [0.2, 0.25) is 0 Å². The smallest absolute Gasteiger partial charge is 0.346 e. The molecule has 0 radical (unpaired) electrons. The number of carbonyl (C=O) groups is 1. The lowest BCUT2D eigenvalue weighted by molar-refractivity contribution is -0.385. The van der Waals surface area contributed by atoms with E-state index in [1.807, 2.05) is 0 Å². The predicted octanol–water partition coefficient (Wildman–Crippen LogP) is 1.78. The maximum atomic E-state index is 13.0. The number of nitro benzene ring substituents is 1. The normalized spacial score (nSPS) is 9.47. The van der Waals surface area contributed by atoms with E-state index in [-0.39, 0.29) is 6.61 Å². The monoisotopic (exact) mass is 238 g/mol. The Morgan fingerprint density at radius 1 is 1.65 bits per heavy atom. The quantitative estimate of drug-likeness (QED) is 0.454. The van der Waals surface area contributed by atoms with Crippen molar-refractivity contribution in [1.82, 2.24) is 0 Å². The van der Waals surface area contributed by atoms with Crippen LogP contribution in [0, 0.1) is 27.3 Å². The van der Waals surface area contributed by atoms with Crippen molar-refractivity contribution in [3.05, 3.63) is 39.2 Å². The summed E-state index contributed by atoms with van der Waals surface area (Å²) in [7, 11) is 0. The summed E-state index contributed by atoms with van der Waals surface area (Å²) in [6, 6.07) is 2.85. The summed E-state index contributed by atoms with van der Waals surface area (Å²) in [5, 5.41) is 19.4. The van der Waals surface area contributed by atoms with E-state index in [9.17, 15) is 19.3 Å². The molecular weight excluding hydrogens is 231 g/mol. The first-order chi connectivity index (χ1) is 8.01. The fourth-order valence-electron chi connectivity index (χ4n) is 1.24. The number of hydrogen-bond donors (Lipinski definition) is 0. The van der Waals surface area contributed by atoms with Crippen LogP contribution in [-0.4, -0.2) is 17.5 Å². The van der Waals surface area contributed by atoms with Crippen LogP contribution in [0.4, 0.5) is 10.1 Å². The molecule has 0 saturated heterocycles. The van der Waals surface area contributed by atoms with Crippen molar-refractivity contribution in [2.75, 3.05) is 6.61 Å². The first kappa shape index (κ1) is 12.6. The number of nitrogens with zero attached hydrogens (tertiary/aromatic N) is 2. The Morgan fingerprint density at radius 3 is 2.76 bits per heavy atom. The van der Waals surface area contributed by atoms with E-state index in [0.717, 1.165) is 6.07 Å². The maximum absolute atomic E-state index is 13.0. The number of carbonyl (C=O) groups excluding carboxylic acids is 1. The third-order valence-electron chi connectivity index (χ3n) is 1.88. The van der Waals surface area contributed by atoms with Gasteiger partial charge in [0.1, 0.15) is 11.9 Å². The van der Waals surface area contributed by atoms with Crippen molar-refractivity contribution >= 4 is 11.7 Å². The average molecular weight is 238 g/mol. The van der Waals surface area contributed by atoms with Gasteiger partial charge in [-0.25, -0.2) is 9.18 Å². The molecule has 0 atom stereocenters. The van der Waals surface area contributed by atoms with Crippen LogP contribution in [0.15, 0.2) is 12.1 Å². The number of nitro groups is 1. The topological polar surface area (TPSA) is 93.2 Å². The number of halogens is 1. The van der Waals surface area contributed by atoms with Crippen molar-refractivity contribution in [3.8, 4) is 6.07 Å². The number of ether oxygens (including phenoxy) is 1. The minimum absolute atomic E-state index is 0.00175. The van der Waals surface area contributed by atoms with Crippen molar-refractivity contribution in [1.29, 1.82) is 5.26 Å². The summed E-state index contributed by atoms with van der Waals surface area (Å²) < 4.78 is 17.6. The molecule has 0 heterocycles. The molecule has 0 amide bonds. The molecule has 0 aliphatic heterocycles. The molecule has 1 aromatic carbocycles. The molecule has 0 N–H and O–H groups in total. The number of hydrogen-bond acceptors (Lipinski definition) is 5. The molecular formula is C10H7FN2O4. The maximum Gasteiger partial charge on any atom is 0.346 e. The Labute approximate surface area is 95.4 Å². The second-order valence-corrected chi connectivity index (χ2v) is 2.94. The highest BCUT2D eigenvalue weighted by Gasteiger charge is 2.26. The first-order valence-corrected chi connectivity index (χ1v) is 4.56. The van der Waals surface area contributed by atoms with Gasteiger partial charge < -0.3 is 4.74 Å². The van der Waals surface area contributed by atoms with Crippen LogP contribution < -0.4 is 0 Å². The zero-order valence-electron chi connectivity index (χ0n) is 8.77. The summed E-state index contributed by atoms with van der Waals surface area (Å²) >= 11 is 0. The molecule has 0 fully saturated rings. The summed E-state index contributed by atoms with van der Waals surface area (Å²) in [6.07, 6.45) is 0. The van der Waals surface area contributed by atoms with Gasteiger partial charge in [-0.15, -0.1) is 0 Å². The lowest BCUT2D eigenvalue weighted by Crippen LogP contribution is -2.11. The van der Waals surface area contributed by atoms with E-state index < -0.39 is 33.5 Å². The van der Waals surface area contributed by atoms with E-state index in [1.165, 1.54) is 13.0 Å². The van der Waals surface area contributed by atoms with Crippen LogP contribution in [0.1, 0.15) is 22.8 Å². The zero-order chi connectivity index (χ0) is 13.0.